The summed E-state index contributed by atoms with van der Waals surface area (Å²) in [7, 11) is 1.65. The van der Waals surface area contributed by atoms with Gasteiger partial charge >= 0.3 is 0 Å². The Labute approximate surface area is 109 Å². The van der Waals surface area contributed by atoms with Crippen molar-refractivity contribution in [1.29, 1.82) is 0 Å². The normalized spacial score (nSPS) is 11.7. The lowest BCUT2D eigenvalue weighted by Crippen LogP contribution is -2.35. The van der Waals surface area contributed by atoms with Crippen molar-refractivity contribution in [3.63, 3.8) is 0 Å². The van der Waals surface area contributed by atoms with Crippen LogP contribution in [0.15, 0.2) is 24.3 Å². The fraction of sp³-hybridized carbons (Fsp3) is 0.462. The van der Waals surface area contributed by atoms with Crippen molar-refractivity contribution in [3.8, 4) is 5.75 Å². The molecule has 0 heterocycles. The van der Waals surface area contributed by atoms with Crippen LogP contribution in [-0.2, 0) is 0 Å². The zero-order valence-electron chi connectivity index (χ0n) is 10.6. The molecule has 0 bridgehead atoms. The lowest BCUT2D eigenvalue weighted by Gasteiger charge is -2.16. The second kappa shape index (κ2) is 7.12. The van der Waals surface area contributed by atoms with Gasteiger partial charge in [-0.05, 0) is 37.7 Å². The number of thiocarbonyl (C=S) groups is 1. The van der Waals surface area contributed by atoms with Crippen LogP contribution in [0.1, 0.15) is 26.7 Å². The first-order valence-electron chi connectivity index (χ1n) is 5.87. The molecule has 1 atom stereocenters. The number of hydrogen-bond donors (Lipinski definition) is 2. The first-order chi connectivity index (χ1) is 8.15. The molecule has 1 aromatic carbocycles. The van der Waals surface area contributed by atoms with Crippen molar-refractivity contribution in [1.82, 2.24) is 5.32 Å². The molecular formula is C13H20N2OS. The average molecular weight is 252 g/mol. The van der Waals surface area contributed by atoms with E-state index in [-0.39, 0.29) is 0 Å². The largest absolute Gasteiger partial charge is 0.497 e. The van der Waals surface area contributed by atoms with Gasteiger partial charge in [0.1, 0.15) is 5.75 Å². The molecule has 0 spiro atoms. The third-order valence-corrected chi connectivity index (χ3v) is 2.65. The van der Waals surface area contributed by atoms with Crippen LogP contribution in [0.25, 0.3) is 0 Å². The third-order valence-electron chi connectivity index (χ3n) is 2.43. The van der Waals surface area contributed by atoms with Crippen molar-refractivity contribution < 1.29 is 4.74 Å². The van der Waals surface area contributed by atoms with Gasteiger partial charge in [-0.2, -0.15) is 0 Å². The molecule has 0 fully saturated rings. The molecule has 0 aromatic heterocycles. The monoisotopic (exact) mass is 252 g/mol. The molecule has 0 aliphatic rings. The smallest absolute Gasteiger partial charge is 0.170 e. The van der Waals surface area contributed by atoms with E-state index in [1.165, 1.54) is 0 Å². The Morgan fingerprint density at radius 1 is 1.47 bits per heavy atom. The van der Waals surface area contributed by atoms with Gasteiger partial charge in [-0.3, -0.25) is 0 Å². The summed E-state index contributed by atoms with van der Waals surface area (Å²) in [4.78, 5) is 0. The van der Waals surface area contributed by atoms with Gasteiger partial charge in [0.15, 0.2) is 5.11 Å². The zero-order valence-corrected chi connectivity index (χ0v) is 11.4. The minimum atomic E-state index is 0.394. The molecule has 1 aromatic rings. The molecule has 0 radical (unpaired) electrons. The van der Waals surface area contributed by atoms with E-state index in [2.05, 4.69) is 24.5 Å². The van der Waals surface area contributed by atoms with Gasteiger partial charge in [0.05, 0.1) is 7.11 Å². The highest BCUT2D eigenvalue weighted by molar-refractivity contribution is 7.80. The minimum Gasteiger partial charge on any atom is -0.497 e. The Hall–Kier alpha value is -1.29. The van der Waals surface area contributed by atoms with E-state index in [4.69, 9.17) is 17.0 Å². The third kappa shape index (κ3) is 5.04. The topological polar surface area (TPSA) is 33.3 Å². The van der Waals surface area contributed by atoms with E-state index >= 15 is 0 Å². The quantitative estimate of drug-likeness (QED) is 0.789. The fourth-order valence-electron chi connectivity index (χ4n) is 1.60. The number of nitrogens with one attached hydrogen (secondary N) is 2. The Morgan fingerprint density at radius 3 is 2.88 bits per heavy atom. The summed E-state index contributed by atoms with van der Waals surface area (Å²) < 4.78 is 5.15. The molecule has 1 rings (SSSR count). The molecule has 4 heteroatoms. The molecule has 3 nitrogen and oxygen atoms in total. The van der Waals surface area contributed by atoms with Crippen molar-refractivity contribution >= 4 is 23.0 Å². The lowest BCUT2D eigenvalue weighted by molar-refractivity contribution is 0.415. The molecule has 0 amide bonds. The summed E-state index contributed by atoms with van der Waals surface area (Å²) >= 11 is 5.24. The van der Waals surface area contributed by atoms with E-state index in [0.717, 1.165) is 24.3 Å². The maximum Gasteiger partial charge on any atom is 0.170 e. The summed E-state index contributed by atoms with van der Waals surface area (Å²) in [6.07, 6.45) is 2.26. The maximum atomic E-state index is 5.24. The van der Waals surface area contributed by atoms with E-state index < -0.39 is 0 Å². The standard InChI is InChI=1S/C13H20N2OS/c1-4-6-10(2)14-13(17)15-11-7-5-8-12(9-11)16-3/h5,7-10H,4,6H2,1-3H3,(H2,14,15,17). The first-order valence-corrected chi connectivity index (χ1v) is 6.28. The molecule has 1 unspecified atom stereocenters. The Kier molecular flexibility index (Phi) is 5.77. The lowest BCUT2D eigenvalue weighted by atomic mass is 10.2. The second-order valence-electron chi connectivity index (χ2n) is 4.02. The van der Waals surface area contributed by atoms with Crippen molar-refractivity contribution in [2.24, 2.45) is 0 Å². The molecule has 0 saturated carbocycles. The Bertz CT molecular complexity index is 368. The van der Waals surface area contributed by atoms with Crippen molar-refractivity contribution in [3.05, 3.63) is 24.3 Å². The predicted molar refractivity (Wildman–Crippen MR) is 76.7 cm³/mol. The zero-order chi connectivity index (χ0) is 12.7. The summed E-state index contributed by atoms with van der Waals surface area (Å²) in [5, 5.41) is 7.04. The molecule has 94 valence electrons. The maximum absolute atomic E-state index is 5.24. The molecule has 0 aliphatic carbocycles. The van der Waals surface area contributed by atoms with Crippen molar-refractivity contribution in [2.75, 3.05) is 12.4 Å². The van der Waals surface area contributed by atoms with Crippen molar-refractivity contribution in [2.45, 2.75) is 32.7 Å². The first kappa shape index (κ1) is 13.8. The summed E-state index contributed by atoms with van der Waals surface area (Å²) in [6.45, 7) is 4.29. The number of benzene rings is 1. The van der Waals surface area contributed by atoms with Gasteiger partial charge in [-0.25, -0.2) is 0 Å². The van der Waals surface area contributed by atoms with Crippen LogP contribution >= 0.6 is 12.2 Å². The van der Waals surface area contributed by atoms with Crippen LogP contribution in [0.4, 0.5) is 5.69 Å². The van der Waals surface area contributed by atoms with E-state index in [1.54, 1.807) is 7.11 Å². The van der Waals surface area contributed by atoms with Crippen LogP contribution < -0.4 is 15.4 Å². The van der Waals surface area contributed by atoms with Crippen LogP contribution in [0.2, 0.25) is 0 Å². The predicted octanol–water partition coefficient (Wildman–Crippen LogP) is 3.17. The fourth-order valence-corrected chi connectivity index (χ4v) is 1.92. The number of ether oxygens (including phenoxy) is 1. The highest BCUT2D eigenvalue weighted by Crippen LogP contribution is 2.16. The van der Waals surface area contributed by atoms with Gasteiger partial charge in [0.2, 0.25) is 0 Å². The molecular weight excluding hydrogens is 232 g/mol. The van der Waals surface area contributed by atoms with Gasteiger partial charge in [0, 0.05) is 17.8 Å². The highest BCUT2D eigenvalue weighted by Gasteiger charge is 2.03. The van der Waals surface area contributed by atoms with Crippen LogP contribution in [-0.4, -0.2) is 18.3 Å². The van der Waals surface area contributed by atoms with Crippen LogP contribution in [0.5, 0.6) is 5.75 Å². The van der Waals surface area contributed by atoms with E-state index in [0.29, 0.717) is 11.2 Å². The number of methoxy groups -OCH3 is 1. The SMILES string of the molecule is CCCC(C)NC(=S)Nc1cccc(OC)c1. The summed E-state index contributed by atoms with van der Waals surface area (Å²) in [5.41, 5.74) is 0.936. The number of anilines is 1. The Morgan fingerprint density at radius 2 is 2.24 bits per heavy atom. The van der Waals surface area contributed by atoms with E-state index in [9.17, 15) is 0 Å². The van der Waals surface area contributed by atoms with Crippen LogP contribution in [0.3, 0.4) is 0 Å². The highest BCUT2D eigenvalue weighted by atomic mass is 32.1. The van der Waals surface area contributed by atoms with Gasteiger partial charge in [0.25, 0.3) is 0 Å². The van der Waals surface area contributed by atoms with Crippen LogP contribution in [0, 0.1) is 0 Å². The summed E-state index contributed by atoms with van der Waals surface area (Å²) in [5.74, 6) is 0.819. The molecule has 17 heavy (non-hydrogen) atoms. The molecule has 2 N–H and O–H groups in total. The van der Waals surface area contributed by atoms with E-state index in [1.807, 2.05) is 24.3 Å². The Balaban J connectivity index is 2.49. The molecule has 0 aliphatic heterocycles. The van der Waals surface area contributed by atoms with Gasteiger partial charge in [-0.1, -0.05) is 19.4 Å². The second-order valence-corrected chi connectivity index (χ2v) is 4.43. The summed E-state index contributed by atoms with van der Waals surface area (Å²) in [6, 6.07) is 8.10. The average Bonchev–Trinajstić information content (AvgIpc) is 2.29. The van der Waals surface area contributed by atoms with Gasteiger partial charge in [-0.15, -0.1) is 0 Å². The molecule has 0 saturated heterocycles. The van der Waals surface area contributed by atoms with Gasteiger partial charge < -0.3 is 15.4 Å². The minimum absolute atomic E-state index is 0.394. The number of rotatable bonds is 5. The number of hydrogen-bond acceptors (Lipinski definition) is 2.